The van der Waals surface area contributed by atoms with Crippen molar-refractivity contribution in [3.05, 3.63) is 28.3 Å². The van der Waals surface area contributed by atoms with Gasteiger partial charge in [0, 0.05) is 15.3 Å². The van der Waals surface area contributed by atoms with E-state index in [4.69, 9.17) is 0 Å². The summed E-state index contributed by atoms with van der Waals surface area (Å²) in [4.78, 5) is 7.40. The van der Waals surface area contributed by atoms with Gasteiger partial charge in [0.1, 0.15) is 0 Å². The Kier molecular flexibility index (Phi) is 2.37. The summed E-state index contributed by atoms with van der Waals surface area (Å²) >= 11 is 1.99. The predicted octanol–water partition coefficient (Wildman–Crippen LogP) is 4.40. The molecule has 0 unspecified atom stereocenters. The average Bonchev–Trinajstić information content (AvgIpc) is 3.02. The number of nitrogens with zero attached hydrogens (tertiary/aromatic N) is 2. The molecule has 94 valence electrons. The second kappa shape index (κ2) is 3.95. The fourth-order valence-corrected chi connectivity index (χ4v) is 4.93. The number of aromatic nitrogens is 2. The molecule has 0 saturated heterocycles. The zero-order valence-corrected chi connectivity index (χ0v) is 11.5. The van der Waals surface area contributed by atoms with Crippen molar-refractivity contribution < 1.29 is 0 Å². The van der Waals surface area contributed by atoms with Crippen LogP contribution in [0.4, 0.5) is 0 Å². The fourth-order valence-electron chi connectivity index (χ4n) is 3.70. The second-order valence-corrected chi connectivity index (χ2v) is 6.95. The first-order valence-corrected chi connectivity index (χ1v) is 7.79. The third-order valence-corrected chi connectivity index (χ3v) is 5.61. The van der Waals surface area contributed by atoms with Crippen molar-refractivity contribution in [1.82, 2.24) is 9.55 Å². The minimum absolute atomic E-state index is 0.580. The number of hydrogen-bond acceptors (Lipinski definition) is 2. The van der Waals surface area contributed by atoms with Gasteiger partial charge in [-0.25, -0.2) is 4.98 Å². The van der Waals surface area contributed by atoms with Crippen molar-refractivity contribution in [2.75, 3.05) is 0 Å². The van der Waals surface area contributed by atoms with Crippen LogP contribution in [0.1, 0.15) is 47.9 Å². The van der Waals surface area contributed by atoms with E-state index in [0.29, 0.717) is 6.04 Å². The maximum absolute atomic E-state index is 4.36. The van der Waals surface area contributed by atoms with Crippen LogP contribution >= 0.6 is 11.3 Å². The van der Waals surface area contributed by atoms with Crippen LogP contribution in [0.3, 0.4) is 0 Å². The zero-order chi connectivity index (χ0) is 12.1. The summed E-state index contributed by atoms with van der Waals surface area (Å²) < 4.78 is 2.43. The van der Waals surface area contributed by atoms with E-state index in [1.165, 1.54) is 48.2 Å². The molecule has 4 rings (SSSR count). The highest BCUT2D eigenvalue weighted by molar-refractivity contribution is 7.12. The Bertz CT molecular complexity index is 575. The Morgan fingerprint density at radius 1 is 1.28 bits per heavy atom. The van der Waals surface area contributed by atoms with Gasteiger partial charge in [-0.05, 0) is 31.7 Å². The van der Waals surface area contributed by atoms with Crippen molar-refractivity contribution in [2.24, 2.45) is 5.92 Å². The second-order valence-electron chi connectivity index (χ2n) is 5.66. The third-order valence-electron chi connectivity index (χ3n) is 4.49. The van der Waals surface area contributed by atoms with Crippen LogP contribution < -0.4 is 0 Å². The van der Waals surface area contributed by atoms with Crippen molar-refractivity contribution in [3.63, 3.8) is 0 Å². The van der Waals surface area contributed by atoms with Gasteiger partial charge in [0.05, 0.1) is 24.3 Å². The van der Waals surface area contributed by atoms with Crippen molar-refractivity contribution in [3.8, 4) is 11.3 Å². The van der Waals surface area contributed by atoms with Crippen molar-refractivity contribution >= 4 is 11.3 Å². The van der Waals surface area contributed by atoms with Crippen LogP contribution in [0.15, 0.2) is 18.6 Å². The van der Waals surface area contributed by atoms with Gasteiger partial charge >= 0.3 is 0 Å². The molecule has 2 aromatic rings. The molecule has 2 aliphatic rings. The van der Waals surface area contributed by atoms with E-state index in [0.717, 1.165) is 5.92 Å². The van der Waals surface area contributed by atoms with Crippen LogP contribution in [-0.4, -0.2) is 9.55 Å². The summed E-state index contributed by atoms with van der Waals surface area (Å²) in [6.45, 7) is 2.22. The Hall–Kier alpha value is -1.09. The summed E-state index contributed by atoms with van der Waals surface area (Å²) in [5.41, 5.74) is 2.79. The topological polar surface area (TPSA) is 17.8 Å². The lowest BCUT2D eigenvalue weighted by Gasteiger charge is -2.28. The highest BCUT2D eigenvalue weighted by Gasteiger charge is 2.36. The highest BCUT2D eigenvalue weighted by atomic mass is 32.1. The van der Waals surface area contributed by atoms with E-state index in [1.807, 2.05) is 23.9 Å². The van der Waals surface area contributed by atoms with Crippen LogP contribution in [0, 0.1) is 12.8 Å². The maximum atomic E-state index is 4.36. The van der Waals surface area contributed by atoms with Gasteiger partial charge in [0.25, 0.3) is 0 Å². The van der Waals surface area contributed by atoms with Crippen LogP contribution in [0.5, 0.6) is 0 Å². The summed E-state index contributed by atoms with van der Waals surface area (Å²) in [6, 6.07) is 2.92. The molecular formula is C15H18N2S. The predicted molar refractivity (Wildman–Crippen MR) is 75.0 cm³/mol. The summed E-state index contributed by atoms with van der Waals surface area (Å²) in [6.07, 6.45) is 11.1. The normalized spacial score (nSPS) is 23.1. The van der Waals surface area contributed by atoms with Crippen LogP contribution in [0.2, 0.25) is 0 Å². The van der Waals surface area contributed by atoms with Gasteiger partial charge in [-0.15, -0.1) is 11.3 Å². The molecule has 1 atom stereocenters. The largest absolute Gasteiger partial charge is 0.322 e. The molecule has 0 radical (unpaired) electrons. The number of rotatable bonds is 1. The average molecular weight is 258 g/mol. The molecule has 0 N–H and O–H groups in total. The van der Waals surface area contributed by atoms with E-state index in [-0.39, 0.29) is 0 Å². The van der Waals surface area contributed by atoms with E-state index < -0.39 is 0 Å². The fraction of sp³-hybridized carbons (Fsp3) is 0.533. The van der Waals surface area contributed by atoms with Crippen LogP contribution in [-0.2, 0) is 0 Å². The molecule has 1 fully saturated rings. The molecule has 18 heavy (non-hydrogen) atoms. The molecule has 3 heterocycles. The monoisotopic (exact) mass is 258 g/mol. The molecule has 2 aromatic heterocycles. The molecular weight excluding hydrogens is 240 g/mol. The van der Waals surface area contributed by atoms with E-state index in [9.17, 15) is 0 Å². The van der Waals surface area contributed by atoms with Crippen LogP contribution in [0.25, 0.3) is 11.3 Å². The lowest BCUT2D eigenvalue weighted by molar-refractivity contribution is 0.288. The summed E-state index contributed by atoms with van der Waals surface area (Å²) in [5, 5.41) is 0. The van der Waals surface area contributed by atoms with Gasteiger partial charge in [0.2, 0.25) is 0 Å². The summed E-state index contributed by atoms with van der Waals surface area (Å²) in [7, 11) is 0. The molecule has 0 amide bonds. The lowest BCUT2D eigenvalue weighted by Crippen LogP contribution is -2.19. The molecule has 1 aliphatic heterocycles. The van der Waals surface area contributed by atoms with Gasteiger partial charge in [-0.2, -0.15) is 0 Å². The molecule has 1 saturated carbocycles. The van der Waals surface area contributed by atoms with E-state index >= 15 is 0 Å². The first kappa shape index (κ1) is 10.8. The first-order chi connectivity index (χ1) is 8.84. The van der Waals surface area contributed by atoms with E-state index in [1.54, 1.807) is 4.88 Å². The van der Waals surface area contributed by atoms with Gasteiger partial charge in [-0.1, -0.05) is 19.3 Å². The van der Waals surface area contributed by atoms with Gasteiger partial charge in [-0.3, -0.25) is 0 Å². The maximum Gasteiger partial charge on any atom is 0.0957 e. The Labute approximate surface area is 112 Å². The smallest absolute Gasteiger partial charge is 0.0957 e. The number of imidazole rings is 1. The van der Waals surface area contributed by atoms with Crippen molar-refractivity contribution in [1.29, 1.82) is 0 Å². The molecule has 1 aliphatic carbocycles. The van der Waals surface area contributed by atoms with Gasteiger partial charge in [0.15, 0.2) is 0 Å². The standard InChI is InChI=1S/C15H18N2S/c1-10-7-12-13-8-16-9-17(13)14(15(12)18-10)11-5-3-2-4-6-11/h7-9,11,14H,2-6H2,1H3/t14-/m1/s1. The zero-order valence-electron chi connectivity index (χ0n) is 10.7. The number of aryl methyl sites for hydroxylation is 1. The third kappa shape index (κ3) is 1.43. The molecule has 0 bridgehead atoms. The van der Waals surface area contributed by atoms with E-state index in [2.05, 4.69) is 22.5 Å². The Balaban J connectivity index is 1.82. The minimum atomic E-state index is 0.580. The number of hydrogen-bond donors (Lipinski definition) is 0. The SMILES string of the molecule is Cc1cc2c(s1)[C@@H](C1CCCCC1)n1cncc1-2. The summed E-state index contributed by atoms with van der Waals surface area (Å²) in [5.74, 6) is 0.825. The van der Waals surface area contributed by atoms with Gasteiger partial charge < -0.3 is 4.57 Å². The Morgan fingerprint density at radius 2 is 2.11 bits per heavy atom. The highest BCUT2D eigenvalue weighted by Crippen LogP contribution is 2.50. The number of thiophene rings is 1. The molecule has 0 aromatic carbocycles. The molecule has 2 nitrogen and oxygen atoms in total. The molecule has 0 spiro atoms. The minimum Gasteiger partial charge on any atom is -0.322 e. The van der Waals surface area contributed by atoms with Crippen molar-refractivity contribution in [2.45, 2.75) is 45.1 Å². The lowest BCUT2D eigenvalue weighted by atomic mass is 9.83. The quantitative estimate of drug-likeness (QED) is 0.741. The molecule has 3 heteroatoms. The number of fused-ring (bicyclic) bond motifs is 3. The Morgan fingerprint density at radius 3 is 2.94 bits per heavy atom. The first-order valence-electron chi connectivity index (χ1n) is 6.97.